The number of amides is 1. The number of fused-ring (bicyclic) bond motifs is 1. The molecular weight excluding hydrogens is 318 g/mol. The topological polar surface area (TPSA) is 38.8 Å². The van der Waals surface area contributed by atoms with E-state index < -0.39 is 8.32 Å². The lowest BCUT2D eigenvalue weighted by atomic mass is 9.78. The average Bonchev–Trinajstić information content (AvgIpc) is 2.99. The van der Waals surface area contributed by atoms with E-state index in [9.17, 15) is 4.79 Å². The largest absolute Gasteiger partial charge is 0.413 e. The van der Waals surface area contributed by atoms with Gasteiger partial charge in [0.2, 0.25) is 5.91 Å². The third-order valence-electron chi connectivity index (χ3n) is 6.24. The van der Waals surface area contributed by atoms with Gasteiger partial charge < -0.3 is 14.1 Å². The van der Waals surface area contributed by atoms with Gasteiger partial charge in [-0.1, -0.05) is 32.9 Å². The minimum absolute atomic E-state index is 0.00335. The summed E-state index contributed by atoms with van der Waals surface area (Å²) in [5.74, 6) is 0.280. The molecule has 0 unspecified atom stereocenters. The molecule has 0 saturated carbocycles. The number of carbonyl (C=O) groups excluding carboxylic acids is 1. The first-order valence-corrected chi connectivity index (χ1v) is 12.0. The number of nitrogens with zero attached hydrogens (tertiary/aromatic N) is 1. The summed E-state index contributed by atoms with van der Waals surface area (Å²) >= 11 is 0. The second-order valence-electron chi connectivity index (χ2n) is 8.85. The maximum absolute atomic E-state index is 12.7. The van der Waals surface area contributed by atoms with Gasteiger partial charge >= 0.3 is 0 Å². The summed E-state index contributed by atoms with van der Waals surface area (Å²) in [5.41, 5.74) is 2.53. The van der Waals surface area contributed by atoms with Gasteiger partial charge in [-0.25, -0.2) is 0 Å². The average molecular weight is 350 g/mol. The molecule has 1 fully saturated rings. The van der Waals surface area contributed by atoms with Crippen molar-refractivity contribution in [3.05, 3.63) is 23.3 Å². The van der Waals surface area contributed by atoms with Gasteiger partial charge in [0.15, 0.2) is 8.32 Å². The Kier molecular flexibility index (Phi) is 4.56. The SMILES string of the molecule is C[C@@H](O[Si](C)(C)C(C)(C)C)[C@H]1C(=O)N2CC(C3=CCOC3)=CC[C@H]12. The number of carbonyl (C=O) groups is 1. The summed E-state index contributed by atoms with van der Waals surface area (Å²) in [6.45, 7) is 15.5. The minimum atomic E-state index is -1.85. The highest BCUT2D eigenvalue weighted by Gasteiger charge is 2.52. The third-order valence-corrected chi connectivity index (χ3v) is 10.8. The van der Waals surface area contributed by atoms with Crippen molar-refractivity contribution >= 4 is 14.2 Å². The lowest BCUT2D eigenvalue weighted by Crippen LogP contribution is -2.66. The molecule has 1 saturated heterocycles. The van der Waals surface area contributed by atoms with Crippen LogP contribution in [-0.2, 0) is 14.0 Å². The van der Waals surface area contributed by atoms with E-state index in [1.807, 2.05) is 4.90 Å². The van der Waals surface area contributed by atoms with Crippen molar-refractivity contribution in [2.75, 3.05) is 19.8 Å². The Morgan fingerprint density at radius 1 is 1.29 bits per heavy atom. The summed E-state index contributed by atoms with van der Waals surface area (Å²) in [5, 5.41) is 0.169. The predicted molar refractivity (Wildman–Crippen MR) is 98.3 cm³/mol. The standard InChI is InChI=1S/C19H31NO3Si/c1-13(23-24(5,6)19(2,3)4)17-16-8-7-14(11-20(16)18(17)21)15-9-10-22-12-15/h7,9,13,16-17H,8,10-12H2,1-6H3/t13-,16-,17-/m1/s1. The van der Waals surface area contributed by atoms with E-state index in [0.717, 1.165) is 13.0 Å². The Morgan fingerprint density at radius 3 is 2.58 bits per heavy atom. The summed E-state index contributed by atoms with van der Waals surface area (Å²) in [6.07, 6.45) is 5.38. The molecule has 0 aromatic carbocycles. The van der Waals surface area contributed by atoms with Crippen molar-refractivity contribution in [3.8, 4) is 0 Å². The normalized spacial score (nSPS) is 28.9. The number of hydrogen-bond donors (Lipinski definition) is 0. The van der Waals surface area contributed by atoms with E-state index >= 15 is 0 Å². The van der Waals surface area contributed by atoms with Crippen molar-refractivity contribution in [2.45, 2.75) is 64.4 Å². The number of ether oxygens (including phenoxy) is 1. The molecule has 0 spiro atoms. The monoisotopic (exact) mass is 349 g/mol. The highest BCUT2D eigenvalue weighted by atomic mass is 28.4. The molecule has 4 nitrogen and oxygen atoms in total. The van der Waals surface area contributed by atoms with E-state index in [-0.39, 0.29) is 23.0 Å². The first-order chi connectivity index (χ1) is 11.1. The van der Waals surface area contributed by atoms with Gasteiger partial charge in [-0.3, -0.25) is 4.79 Å². The molecule has 0 aliphatic carbocycles. The summed E-state index contributed by atoms with van der Waals surface area (Å²) < 4.78 is 11.9. The van der Waals surface area contributed by atoms with Gasteiger partial charge in [-0.05, 0) is 42.6 Å². The van der Waals surface area contributed by atoms with Gasteiger partial charge in [-0.15, -0.1) is 0 Å². The van der Waals surface area contributed by atoms with E-state index in [1.54, 1.807) is 0 Å². The van der Waals surface area contributed by atoms with Crippen LogP contribution in [0.5, 0.6) is 0 Å². The summed E-state index contributed by atoms with van der Waals surface area (Å²) in [4.78, 5) is 14.7. The van der Waals surface area contributed by atoms with Gasteiger partial charge in [0.25, 0.3) is 0 Å². The number of β-lactam (4-membered cyclic amide) rings is 1. The highest BCUT2D eigenvalue weighted by molar-refractivity contribution is 6.74. The Hall–Kier alpha value is -0.913. The number of rotatable bonds is 4. The van der Waals surface area contributed by atoms with Gasteiger partial charge in [-0.2, -0.15) is 0 Å². The summed E-state index contributed by atoms with van der Waals surface area (Å²) in [6, 6.07) is 0.309. The molecule has 0 aromatic heterocycles. The van der Waals surface area contributed by atoms with Crippen LogP contribution < -0.4 is 0 Å². The van der Waals surface area contributed by atoms with Crippen LogP contribution in [0.3, 0.4) is 0 Å². The molecule has 1 amide bonds. The fourth-order valence-corrected chi connectivity index (χ4v) is 5.11. The zero-order valence-electron chi connectivity index (χ0n) is 15.9. The van der Waals surface area contributed by atoms with Crippen LogP contribution in [0.2, 0.25) is 18.1 Å². The predicted octanol–water partition coefficient (Wildman–Crippen LogP) is 3.51. The molecule has 3 atom stereocenters. The third kappa shape index (κ3) is 3.02. The van der Waals surface area contributed by atoms with Crippen LogP contribution in [0, 0.1) is 5.92 Å². The van der Waals surface area contributed by atoms with E-state index in [4.69, 9.17) is 9.16 Å². The molecule has 134 valence electrons. The van der Waals surface area contributed by atoms with Gasteiger partial charge in [0.1, 0.15) is 0 Å². The molecular formula is C19H31NO3Si. The van der Waals surface area contributed by atoms with Crippen LogP contribution in [0.4, 0.5) is 0 Å². The van der Waals surface area contributed by atoms with Gasteiger partial charge in [0.05, 0.1) is 25.2 Å². The molecule has 0 aromatic rings. The van der Waals surface area contributed by atoms with Crippen LogP contribution in [-0.4, -0.2) is 51.0 Å². The fourth-order valence-electron chi connectivity index (χ4n) is 3.68. The van der Waals surface area contributed by atoms with E-state index in [2.05, 4.69) is 52.9 Å². The van der Waals surface area contributed by atoms with Crippen LogP contribution >= 0.6 is 0 Å². The van der Waals surface area contributed by atoms with Crippen molar-refractivity contribution in [1.82, 2.24) is 4.90 Å². The van der Waals surface area contributed by atoms with Crippen LogP contribution in [0.1, 0.15) is 34.1 Å². The second-order valence-corrected chi connectivity index (χ2v) is 13.6. The summed E-state index contributed by atoms with van der Waals surface area (Å²) in [7, 11) is -1.85. The molecule has 3 aliphatic rings. The molecule has 0 N–H and O–H groups in total. The van der Waals surface area contributed by atoms with Crippen molar-refractivity contribution < 1.29 is 14.0 Å². The minimum Gasteiger partial charge on any atom is -0.413 e. The maximum atomic E-state index is 12.7. The fraction of sp³-hybridized carbons (Fsp3) is 0.737. The number of hydrogen-bond acceptors (Lipinski definition) is 3. The molecule has 0 bridgehead atoms. The highest BCUT2D eigenvalue weighted by Crippen LogP contribution is 2.42. The zero-order valence-corrected chi connectivity index (χ0v) is 16.9. The first-order valence-electron chi connectivity index (χ1n) is 9.06. The maximum Gasteiger partial charge on any atom is 0.230 e. The molecule has 3 heterocycles. The molecule has 5 heteroatoms. The van der Waals surface area contributed by atoms with Crippen LogP contribution in [0.25, 0.3) is 0 Å². The quantitative estimate of drug-likeness (QED) is 0.576. The molecule has 3 rings (SSSR count). The molecule has 24 heavy (non-hydrogen) atoms. The van der Waals surface area contributed by atoms with Crippen molar-refractivity contribution in [3.63, 3.8) is 0 Å². The smallest absolute Gasteiger partial charge is 0.230 e. The van der Waals surface area contributed by atoms with Crippen LogP contribution in [0.15, 0.2) is 23.3 Å². The lowest BCUT2D eigenvalue weighted by molar-refractivity contribution is -0.162. The Balaban J connectivity index is 1.67. The molecule has 0 radical (unpaired) electrons. The molecule has 3 aliphatic heterocycles. The van der Waals surface area contributed by atoms with Crippen molar-refractivity contribution in [1.29, 1.82) is 0 Å². The lowest BCUT2D eigenvalue weighted by Gasteiger charge is -2.53. The van der Waals surface area contributed by atoms with Gasteiger partial charge in [0, 0.05) is 12.6 Å². The zero-order chi connectivity index (χ0) is 17.7. The first kappa shape index (κ1) is 17.9. The Morgan fingerprint density at radius 2 is 2.00 bits per heavy atom. The second kappa shape index (κ2) is 6.11. The van der Waals surface area contributed by atoms with E-state index in [1.165, 1.54) is 11.1 Å². The Bertz CT molecular complexity index is 588. The Labute approximate surface area is 147 Å². The van der Waals surface area contributed by atoms with Crippen molar-refractivity contribution in [2.24, 2.45) is 5.92 Å². The van der Waals surface area contributed by atoms with E-state index in [0.29, 0.717) is 19.3 Å².